The lowest BCUT2D eigenvalue weighted by Crippen LogP contribution is -2.37. The fourth-order valence-corrected chi connectivity index (χ4v) is 3.75. The Hall–Kier alpha value is -0.340. The largest absolute Gasteiger partial charge is 0.300 e. The molecule has 0 aromatic heterocycles. The smallest absolute Gasteiger partial charge is 0.0175 e. The topological polar surface area (TPSA) is 3.24 Å². The third-order valence-corrected chi connectivity index (χ3v) is 5.29. The van der Waals surface area contributed by atoms with Crippen LogP contribution in [-0.4, -0.2) is 24.0 Å². The lowest BCUT2D eigenvalue weighted by atomic mass is 9.71. The van der Waals surface area contributed by atoms with Crippen LogP contribution in [0.25, 0.3) is 0 Å². The molecule has 98 valence electrons. The summed E-state index contributed by atoms with van der Waals surface area (Å²) in [6.45, 7) is 5.06. The highest BCUT2D eigenvalue weighted by Crippen LogP contribution is 2.42. The van der Waals surface area contributed by atoms with Crippen LogP contribution in [0.3, 0.4) is 0 Å². The number of hydrogen-bond donors (Lipinski definition) is 0. The lowest BCUT2D eigenvalue weighted by Gasteiger charge is -2.39. The normalized spacial score (nSPS) is 32.4. The minimum atomic E-state index is 0.820. The third kappa shape index (κ3) is 2.65. The summed E-state index contributed by atoms with van der Waals surface area (Å²) >= 11 is 3.50. The van der Waals surface area contributed by atoms with Crippen molar-refractivity contribution in [2.75, 3.05) is 13.1 Å². The third-order valence-electron chi connectivity index (χ3n) is 4.76. The van der Waals surface area contributed by atoms with Crippen LogP contribution in [0.5, 0.6) is 0 Å². The summed E-state index contributed by atoms with van der Waals surface area (Å²) in [6, 6.07) is 9.74. The van der Waals surface area contributed by atoms with E-state index >= 15 is 0 Å². The summed E-state index contributed by atoms with van der Waals surface area (Å²) in [6.07, 6.45) is 5.60. The fraction of sp³-hybridized carbons (Fsp3) is 0.625. The predicted molar refractivity (Wildman–Crippen MR) is 79.9 cm³/mol. The first-order valence-corrected chi connectivity index (χ1v) is 8.01. The maximum atomic E-state index is 3.50. The Morgan fingerprint density at radius 3 is 2.56 bits per heavy atom. The van der Waals surface area contributed by atoms with E-state index < -0.39 is 0 Å². The number of nitrogens with zero attached hydrogens (tertiary/aromatic N) is 1. The first-order chi connectivity index (χ1) is 8.72. The Labute approximate surface area is 119 Å². The van der Waals surface area contributed by atoms with Crippen molar-refractivity contribution in [3.8, 4) is 0 Å². The van der Waals surface area contributed by atoms with Gasteiger partial charge in [-0.25, -0.2) is 0 Å². The second-order valence-electron chi connectivity index (χ2n) is 6.07. The quantitative estimate of drug-likeness (QED) is 0.798. The molecule has 0 N–H and O–H groups in total. The Bertz CT molecular complexity index is 394. The van der Waals surface area contributed by atoms with Crippen LogP contribution in [0.15, 0.2) is 28.7 Å². The van der Waals surface area contributed by atoms with E-state index in [-0.39, 0.29) is 0 Å². The molecule has 1 saturated heterocycles. The lowest BCUT2D eigenvalue weighted by molar-refractivity contribution is 0.154. The zero-order valence-corrected chi connectivity index (χ0v) is 12.7. The summed E-state index contributed by atoms with van der Waals surface area (Å²) in [7, 11) is 0. The van der Waals surface area contributed by atoms with Gasteiger partial charge in [0.1, 0.15) is 0 Å². The van der Waals surface area contributed by atoms with Gasteiger partial charge in [-0.3, -0.25) is 0 Å². The van der Waals surface area contributed by atoms with Crippen LogP contribution in [-0.2, 0) is 0 Å². The van der Waals surface area contributed by atoms with Crippen molar-refractivity contribution in [1.29, 1.82) is 0 Å². The van der Waals surface area contributed by atoms with E-state index in [4.69, 9.17) is 0 Å². The molecule has 1 aliphatic heterocycles. The molecule has 1 unspecified atom stereocenters. The fourth-order valence-electron chi connectivity index (χ4n) is 3.49. The average Bonchev–Trinajstić information content (AvgIpc) is 2.71. The monoisotopic (exact) mass is 307 g/mol. The van der Waals surface area contributed by atoms with Gasteiger partial charge in [-0.15, -0.1) is 0 Å². The minimum absolute atomic E-state index is 0.820. The SMILES string of the molecule is CC1CCCN1C[C@H]1C[C@@H](c2ccc(Br)cc2)C1. The molecule has 1 saturated carbocycles. The van der Waals surface area contributed by atoms with Gasteiger partial charge in [0, 0.05) is 17.1 Å². The molecular formula is C16H22BrN. The number of hydrogen-bond acceptors (Lipinski definition) is 1. The van der Waals surface area contributed by atoms with Crippen LogP contribution >= 0.6 is 15.9 Å². The Kier molecular flexibility index (Phi) is 3.76. The van der Waals surface area contributed by atoms with Crippen molar-refractivity contribution in [3.63, 3.8) is 0 Å². The zero-order valence-electron chi connectivity index (χ0n) is 11.1. The summed E-state index contributed by atoms with van der Waals surface area (Å²) in [5.74, 6) is 1.76. The number of rotatable bonds is 3. The van der Waals surface area contributed by atoms with E-state index in [1.54, 1.807) is 0 Å². The number of benzene rings is 1. The van der Waals surface area contributed by atoms with Crippen molar-refractivity contribution in [3.05, 3.63) is 34.3 Å². The molecule has 0 amide bonds. The van der Waals surface area contributed by atoms with Gasteiger partial charge in [-0.05, 0) is 68.7 Å². The van der Waals surface area contributed by atoms with Gasteiger partial charge in [-0.1, -0.05) is 28.1 Å². The van der Waals surface area contributed by atoms with Crippen LogP contribution in [0.1, 0.15) is 44.1 Å². The van der Waals surface area contributed by atoms with Gasteiger partial charge in [0.25, 0.3) is 0 Å². The molecule has 1 atom stereocenters. The van der Waals surface area contributed by atoms with Crippen molar-refractivity contribution in [2.45, 2.75) is 44.6 Å². The number of likely N-dealkylation sites (tertiary alicyclic amines) is 1. The van der Waals surface area contributed by atoms with E-state index in [2.05, 4.69) is 52.0 Å². The molecule has 0 spiro atoms. The number of halogens is 1. The summed E-state index contributed by atoms with van der Waals surface area (Å²) in [4.78, 5) is 2.70. The molecule has 2 fully saturated rings. The van der Waals surface area contributed by atoms with Crippen molar-refractivity contribution >= 4 is 15.9 Å². The van der Waals surface area contributed by atoms with Gasteiger partial charge in [0.2, 0.25) is 0 Å². The second kappa shape index (κ2) is 5.34. The zero-order chi connectivity index (χ0) is 12.5. The molecule has 1 nitrogen and oxygen atoms in total. The maximum absolute atomic E-state index is 3.50. The highest BCUT2D eigenvalue weighted by molar-refractivity contribution is 9.10. The molecule has 18 heavy (non-hydrogen) atoms. The minimum Gasteiger partial charge on any atom is -0.300 e. The van der Waals surface area contributed by atoms with E-state index in [0.717, 1.165) is 17.9 Å². The molecule has 1 aromatic rings. The Morgan fingerprint density at radius 1 is 1.22 bits per heavy atom. The van der Waals surface area contributed by atoms with Crippen LogP contribution in [0.4, 0.5) is 0 Å². The van der Waals surface area contributed by atoms with Gasteiger partial charge in [-0.2, -0.15) is 0 Å². The van der Waals surface area contributed by atoms with Gasteiger partial charge >= 0.3 is 0 Å². The van der Waals surface area contributed by atoms with Crippen LogP contribution in [0, 0.1) is 5.92 Å². The molecule has 1 aromatic carbocycles. The van der Waals surface area contributed by atoms with E-state index in [0.29, 0.717) is 0 Å². The second-order valence-corrected chi connectivity index (χ2v) is 6.99. The molecule has 2 heteroatoms. The van der Waals surface area contributed by atoms with Crippen molar-refractivity contribution in [1.82, 2.24) is 4.90 Å². The van der Waals surface area contributed by atoms with Crippen molar-refractivity contribution in [2.24, 2.45) is 5.92 Å². The van der Waals surface area contributed by atoms with E-state index in [9.17, 15) is 0 Å². The predicted octanol–water partition coefficient (Wildman–Crippen LogP) is 4.43. The molecule has 3 rings (SSSR count). The van der Waals surface area contributed by atoms with Gasteiger partial charge in [0.15, 0.2) is 0 Å². The van der Waals surface area contributed by atoms with Gasteiger partial charge < -0.3 is 4.90 Å². The molecule has 0 radical (unpaired) electrons. The van der Waals surface area contributed by atoms with Crippen molar-refractivity contribution < 1.29 is 0 Å². The Morgan fingerprint density at radius 2 is 1.94 bits per heavy atom. The average molecular weight is 308 g/mol. The standard InChI is InChI=1S/C16H22BrN/c1-12-3-2-8-18(12)11-13-9-15(10-13)14-4-6-16(17)7-5-14/h4-7,12-13,15H,2-3,8-11H2,1H3/t12?,13-,15+. The molecule has 0 bridgehead atoms. The van der Waals surface area contributed by atoms with Gasteiger partial charge in [0.05, 0.1) is 0 Å². The van der Waals surface area contributed by atoms with E-state index in [1.807, 2.05) is 0 Å². The first kappa shape index (κ1) is 12.7. The Balaban J connectivity index is 1.49. The van der Waals surface area contributed by atoms with E-state index in [1.165, 1.54) is 48.8 Å². The van der Waals surface area contributed by atoms with Crippen LogP contribution < -0.4 is 0 Å². The summed E-state index contributed by atoms with van der Waals surface area (Å²) in [5.41, 5.74) is 1.53. The first-order valence-electron chi connectivity index (χ1n) is 7.22. The molecule has 1 aliphatic carbocycles. The molecule has 2 aliphatic rings. The summed E-state index contributed by atoms with van der Waals surface area (Å²) in [5, 5.41) is 0. The maximum Gasteiger partial charge on any atom is 0.0175 e. The highest BCUT2D eigenvalue weighted by Gasteiger charge is 2.33. The van der Waals surface area contributed by atoms with Crippen LogP contribution in [0.2, 0.25) is 0 Å². The molecule has 1 heterocycles. The molecular weight excluding hydrogens is 286 g/mol. The summed E-state index contributed by atoms with van der Waals surface area (Å²) < 4.78 is 1.19. The highest BCUT2D eigenvalue weighted by atomic mass is 79.9.